The molecule has 7 heteroatoms. The molecule has 1 heterocycles. The fourth-order valence-corrected chi connectivity index (χ4v) is 3.87. The summed E-state index contributed by atoms with van der Waals surface area (Å²) in [5.74, 6) is -0.288. The Kier molecular flexibility index (Phi) is 6.16. The van der Waals surface area contributed by atoms with Crippen LogP contribution in [0.3, 0.4) is 0 Å². The van der Waals surface area contributed by atoms with Crippen LogP contribution in [0.1, 0.15) is 0 Å². The van der Waals surface area contributed by atoms with Crippen molar-refractivity contribution in [1.82, 2.24) is 9.55 Å². The molecule has 30 heavy (non-hydrogen) atoms. The molecule has 4 aromatic rings. The summed E-state index contributed by atoms with van der Waals surface area (Å²) < 4.78 is 15.4. The van der Waals surface area contributed by atoms with E-state index < -0.39 is 0 Å². The summed E-state index contributed by atoms with van der Waals surface area (Å²) in [6.45, 7) is 0. The molecule has 0 aliphatic rings. The fraction of sp³-hybridized carbons (Fsp3) is 0.0435. The maximum Gasteiger partial charge on any atom is 0.234 e. The number of hydrogen-bond acceptors (Lipinski definition) is 3. The number of aromatic nitrogens is 2. The maximum atomic E-state index is 13.4. The summed E-state index contributed by atoms with van der Waals surface area (Å²) in [5, 5.41) is 4.09. The third-order valence-electron chi connectivity index (χ3n) is 4.34. The number of anilines is 1. The fourth-order valence-electron chi connectivity index (χ4n) is 2.95. The molecule has 0 spiro atoms. The second kappa shape index (κ2) is 9.15. The molecule has 0 aliphatic carbocycles. The van der Waals surface area contributed by atoms with E-state index in [0.29, 0.717) is 15.9 Å². The lowest BCUT2D eigenvalue weighted by atomic mass is 10.1. The normalized spacial score (nSPS) is 10.7. The average Bonchev–Trinajstić information content (AvgIpc) is 3.19. The smallest absolute Gasteiger partial charge is 0.234 e. The Morgan fingerprint density at radius 2 is 1.70 bits per heavy atom. The largest absolute Gasteiger partial charge is 0.325 e. The van der Waals surface area contributed by atoms with Gasteiger partial charge in [0.2, 0.25) is 5.91 Å². The van der Waals surface area contributed by atoms with E-state index in [1.165, 1.54) is 23.9 Å². The zero-order chi connectivity index (χ0) is 20.9. The molecular weight excluding hydrogens is 421 g/mol. The summed E-state index contributed by atoms with van der Waals surface area (Å²) in [4.78, 5) is 16.9. The molecule has 3 aromatic carbocycles. The first-order valence-corrected chi connectivity index (χ1v) is 10.5. The number of benzene rings is 3. The molecule has 0 radical (unpaired) electrons. The second-order valence-corrected chi connectivity index (χ2v) is 7.83. The minimum absolute atomic E-state index is 0.155. The van der Waals surface area contributed by atoms with Crippen molar-refractivity contribution in [1.29, 1.82) is 0 Å². The molecule has 4 rings (SSSR count). The molecule has 0 unspecified atom stereocenters. The van der Waals surface area contributed by atoms with E-state index in [9.17, 15) is 9.18 Å². The van der Waals surface area contributed by atoms with Gasteiger partial charge in [-0.2, -0.15) is 0 Å². The molecule has 4 nitrogen and oxygen atoms in total. The summed E-state index contributed by atoms with van der Waals surface area (Å²) in [5.41, 5.74) is 3.29. The van der Waals surface area contributed by atoms with Crippen molar-refractivity contribution in [3.05, 3.63) is 95.9 Å². The SMILES string of the molecule is O=C(CSc1ncc(-c2ccccc2)n1-c1ccc(F)cc1)Nc1ccc(Cl)cc1. The van der Waals surface area contributed by atoms with Crippen molar-refractivity contribution >= 4 is 35.0 Å². The number of nitrogens with zero attached hydrogens (tertiary/aromatic N) is 2. The Bertz CT molecular complexity index is 1150. The Morgan fingerprint density at radius 3 is 2.40 bits per heavy atom. The minimum atomic E-state index is -0.309. The van der Waals surface area contributed by atoms with E-state index in [0.717, 1.165) is 16.9 Å². The van der Waals surface area contributed by atoms with Crippen LogP contribution in [-0.2, 0) is 4.79 Å². The van der Waals surface area contributed by atoms with E-state index in [2.05, 4.69) is 10.3 Å². The van der Waals surface area contributed by atoms with E-state index in [-0.39, 0.29) is 17.5 Å². The van der Waals surface area contributed by atoms with Crippen molar-refractivity contribution in [2.24, 2.45) is 0 Å². The molecule has 0 fully saturated rings. The Hall–Kier alpha value is -3.09. The van der Waals surface area contributed by atoms with Crippen LogP contribution in [0.4, 0.5) is 10.1 Å². The zero-order valence-corrected chi connectivity index (χ0v) is 17.3. The van der Waals surface area contributed by atoms with Crippen LogP contribution < -0.4 is 5.32 Å². The zero-order valence-electron chi connectivity index (χ0n) is 15.8. The van der Waals surface area contributed by atoms with Crippen molar-refractivity contribution in [3.63, 3.8) is 0 Å². The first-order chi connectivity index (χ1) is 14.6. The highest BCUT2D eigenvalue weighted by Crippen LogP contribution is 2.30. The number of thioether (sulfide) groups is 1. The highest BCUT2D eigenvalue weighted by atomic mass is 35.5. The van der Waals surface area contributed by atoms with Crippen LogP contribution in [-0.4, -0.2) is 21.2 Å². The van der Waals surface area contributed by atoms with Crippen molar-refractivity contribution < 1.29 is 9.18 Å². The number of amides is 1. The number of carbonyl (C=O) groups excluding carboxylic acids is 1. The number of hydrogen-bond donors (Lipinski definition) is 1. The van der Waals surface area contributed by atoms with Gasteiger partial charge >= 0.3 is 0 Å². The van der Waals surface area contributed by atoms with Gasteiger partial charge in [0.05, 0.1) is 17.6 Å². The quantitative estimate of drug-likeness (QED) is 0.373. The van der Waals surface area contributed by atoms with Gasteiger partial charge in [-0.25, -0.2) is 9.37 Å². The van der Waals surface area contributed by atoms with Gasteiger partial charge in [0, 0.05) is 22.0 Å². The molecule has 1 aromatic heterocycles. The summed E-state index contributed by atoms with van der Waals surface area (Å²) in [6, 6.07) is 23.0. The molecule has 0 saturated carbocycles. The number of halogens is 2. The summed E-state index contributed by atoms with van der Waals surface area (Å²) >= 11 is 7.19. The predicted molar refractivity (Wildman–Crippen MR) is 120 cm³/mol. The van der Waals surface area contributed by atoms with Crippen LogP contribution in [0.2, 0.25) is 5.02 Å². The first-order valence-electron chi connectivity index (χ1n) is 9.17. The van der Waals surface area contributed by atoms with Crippen LogP contribution in [0.25, 0.3) is 16.9 Å². The average molecular weight is 438 g/mol. The molecule has 1 N–H and O–H groups in total. The molecule has 0 atom stereocenters. The second-order valence-electron chi connectivity index (χ2n) is 6.45. The van der Waals surface area contributed by atoms with E-state index >= 15 is 0 Å². The highest BCUT2D eigenvalue weighted by Gasteiger charge is 2.15. The van der Waals surface area contributed by atoms with Gasteiger partial charge in [-0.15, -0.1) is 0 Å². The highest BCUT2D eigenvalue weighted by molar-refractivity contribution is 7.99. The maximum absolute atomic E-state index is 13.4. The third-order valence-corrected chi connectivity index (χ3v) is 5.55. The van der Waals surface area contributed by atoms with Gasteiger partial charge in [-0.1, -0.05) is 53.7 Å². The summed E-state index contributed by atoms with van der Waals surface area (Å²) in [6.07, 6.45) is 1.76. The standard InChI is InChI=1S/C23H17ClFN3OS/c24-17-6-10-19(11-7-17)27-22(29)15-30-23-26-14-21(16-4-2-1-3-5-16)28(23)20-12-8-18(25)9-13-20/h1-14H,15H2,(H,27,29). The minimum Gasteiger partial charge on any atom is -0.325 e. The van der Waals surface area contributed by atoms with Gasteiger partial charge < -0.3 is 5.32 Å². The molecule has 150 valence electrons. The molecule has 0 saturated heterocycles. The van der Waals surface area contributed by atoms with Gasteiger partial charge in [-0.3, -0.25) is 9.36 Å². The Morgan fingerprint density at radius 1 is 1.00 bits per heavy atom. The van der Waals surface area contributed by atoms with E-state index in [1.807, 2.05) is 34.9 Å². The lowest BCUT2D eigenvalue weighted by Gasteiger charge is -2.12. The Labute approximate surface area is 182 Å². The first kappa shape index (κ1) is 20.2. The van der Waals surface area contributed by atoms with Gasteiger partial charge in [-0.05, 0) is 48.5 Å². The molecular formula is C23H17ClFN3OS. The third kappa shape index (κ3) is 4.72. The predicted octanol–water partition coefficient (Wildman–Crippen LogP) is 6.06. The lowest BCUT2D eigenvalue weighted by molar-refractivity contribution is -0.113. The van der Waals surface area contributed by atoms with Gasteiger partial charge in [0.1, 0.15) is 5.82 Å². The molecule has 0 bridgehead atoms. The van der Waals surface area contributed by atoms with Crippen LogP contribution in [0, 0.1) is 5.82 Å². The lowest BCUT2D eigenvalue weighted by Crippen LogP contribution is -2.14. The Balaban J connectivity index is 1.58. The van der Waals surface area contributed by atoms with Crippen LogP contribution in [0.15, 0.2) is 90.2 Å². The summed E-state index contributed by atoms with van der Waals surface area (Å²) in [7, 11) is 0. The molecule has 1 amide bonds. The van der Waals surface area contributed by atoms with Crippen molar-refractivity contribution in [2.45, 2.75) is 5.16 Å². The van der Waals surface area contributed by atoms with Gasteiger partial charge in [0.15, 0.2) is 5.16 Å². The molecule has 0 aliphatic heterocycles. The van der Waals surface area contributed by atoms with Crippen LogP contribution >= 0.6 is 23.4 Å². The number of nitrogens with one attached hydrogen (secondary N) is 1. The van der Waals surface area contributed by atoms with Gasteiger partial charge in [0.25, 0.3) is 0 Å². The van der Waals surface area contributed by atoms with E-state index in [4.69, 9.17) is 11.6 Å². The van der Waals surface area contributed by atoms with Crippen LogP contribution in [0.5, 0.6) is 0 Å². The number of carbonyl (C=O) groups is 1. The van der Waals surface area contributed by atoms with Crippen molar-refractivity contribution in [2.75, 3.05) is 11.1 Å². The monoisotopic (exact) mass is 437 g/mol. The topological polar surface area (TPSA) is 46.9 Å². The number of rotatable bonds is 6. The van der Waals surface area contributed by atoms with E-state index in [1.54, 1.807) is 42.6 Å². The van der Waals surface area contributed by atoms with Crippen molar-refractivity contribution in [3.8, 4) is 16.9 Å². The number of imidazole rings is 1.